The minimum Gasteiger partial charge on any atom is -0.394 e. The monoisotopic (exact) mass is 304 g/mol. The molecule has 1 aliphatic rings. The zero-order valence-electron chi connectivity index (χ0n) is 13.7. The van der Waals surface area contributed by atoms with Crippen LogP contribution in [0.3, 0.4) is 0 Å². The van der Waals surface area contributed by atoms with E-state index in [1.54, 1.807) is 0 Å². The fourth-order valence-corrected chi connectivity index (χ4v) is 2.76. The number of aliphatic hydroxyl groups excluding tert-OH is 1. The van der Waals surface area contributed by atoms with Crippen molar-refractivity contribution >= 4 is 11.6 Å². The molecule has 1 aromatic carbocycles. The largest absolute Gasteiger partial charge is 0.394 e. The minimum absolute atomic E-state index is 0.0801. The van der Waals surface area contributed by atoms with Crippen LogP contribution < -0.4 is 15.5 Å². The number of nitrogens with one attached hydrogen (secondary N) is 2. The van der Waals surface area contributed by atoms with Gasteiger partial charge in [0.25, 0.3) is 0 Å². The number of piperidine rings is 1. The Balaban J connectivity index is 1.95. The van der Waals surface area contributed by atoms with Crippen LogP contribution in [0.15, 0.2) is 29.3 Å². The second-order valence-corrected chi connectivity index (χ2v) is 5.75. The Morgan fingerprint density at radius 3 is 2.82 bits per heavy atom. The Kier molecular flexibility index (Phi) is 6.52. The van der Waals surface area contributed by atoms with Crippen molar-refractivity contribution in [2.75, 3.05) is 37.7 Å². The van der Waals surface area contributed by atoms with Crippen molar-refractivity contribution in [2.24, 2.45) is 4.99 Å². The lowest BCUT2D eigenvalue weighted by molar-refractivity contribution is 0.306. The fourth-order valence-electron chi connectivity index (χ4n) is 2.76. The van der Waals surface area contributed by atoms with Gasteiger partial charge in [0.05, 0.1) is 13.2 Å². The second-order valence-electron chi connectivity index (χ2n) is 5.75. The van der Waals surface area contributed by atoms with Gasteiger partial charge in [-0.05, 0) is 38.8 Å². The number of aliphatic hydroxyl groups is 1. The van der Waals surface area contributed by atoms with Crippen molar-refractivity contribution in [1.29, 1.82) is 0 Å². The van der Waals surface area contributed by atoms with Gasteiger partial charge in [-0.15, -0.1) is 0 Å². The summed E-state index contributed by atoms with van der Waals surface area (Å²) < 4.78 is 0. The van der Waals surface area contributed by atoms with Crippen molar-refractivity contribution < 1.29 is 5.11 Å². The third-order valence-electron chi connectivity index (χ3n) is 3.88. The van der Waals surface area contributed by atoms with Gasteiger partial charge in [-0.3, -0.25) is 4.99 Å². The minimum atomic E-state index is 0.0801. The van der Waals surface area contributed by atoms with Crippen LogP contribution in [0.4, 0.5) is 5.69 Å². The highest BCUT2D eigenvalue weighted by molar-refractivity contribution is 5.80. The molecule has 5 nitrogen and oxygen atoms in total. The standard InChI is InChI=1S/C17H28N4O/c1-3-18-17(19-10-12-22)20-15-5-4-11-21(13-15)16-8-6-14(2)7-9-16/h6-9,15,22H,3-5,10-13H2,1-2H3,(H2,18,19,20). The van der Waals surface area contributed by atoms with Crippen LogP contribution in [0.25, 0.3) is 0 Å². The lowest BCUT2D eigenvalue weighted by Gasteiger charge is -2.35. The number of rotatable bonds is 5. The zero-order valence-corrected chi connectivity index (χ0v) is 13.7. The molecule has 1 unspecified atom stereocenters. The average molecular weight is 304 g/mol. The van der Waals surface area contributed by atoms with E-state index >= 15 is 0 Å². The van der Waals surface area contributed by atoms with Gasteiger partial charge in [0.2, 0.25) is 0 Å². The molecule has 0 aliphatic carbocycles. The van der Waals surface area contributed by atoms with Crippen molar-refractivity contribution in [1.82, 2.24) is 10.6 Å². The maximum absolute atomic E-state index is 8.93. The molecule has 1 aromatic rings. The van der Waals surface area contributed by atoms with Gasteiger partial charge < -0.3 is 20.6 Å². The average Bonchev–Trinajstić information content (AvgIpc) is 2.54. The number of aryl methyl sites for hydroxylation is 1. The van der Waals surface area contributed by atoms with E-state index in [0.717, 1.165) is 32.0 Å². The molecule has 0 amide bonds. The molecule has 1 aliphatic heterocycles. The Hall–Kier alpha value is -1.75. The highest BCUT2D eigenvalue weighted by Crippen LogP contribution is 2.20. The second kappa shape index (κ2) is 8.63. The molecular weight excluding hydrogens is 276 g/mol. The summed E-state index contributed by atoms with van der Waals surface area (Å²) in [5.41, 5.74) is 2.58. The lowest BCUT2D eigenvalue weighted by Crippen LogP contribution is -2.51. The van der Waals surface area contributed by atoms with Gasteiger partial charge in [-0.25, -0.2) is 0 Å². The van der Waals surface area contributed by atoms with Gasteiger partial charge in [-0.1, -0.05) is 17.7 Å². The summed E-state index contributed by atoms with van der Waals surface area (Å²) in [7, 11) is 0. The molecule has 0 spiro atoms. The molecule has 1 saturated heterocycles. The van der Waals surface area contributed by atoms with Crippen LogP contribution in [0.2, 0.25) is 0 Å². The van der Waals surface area contributed by atoms with E-state index in [2.05, 4.69) is 58.6 Å². The van der Waals surface area contributed by atoms with Crippen molar-refractivity contribution in [3.63, 3.8) is 0 Å². The molecule has 1 fully saturated rings. The first-order valence-corrected chi connectivity index (χ1v) is 8.20. The number of nitrogens with zero attached hydrogens (tertiary/aromatic N) is 2. The summed E-state index contributed by atoms with van der Waals surface area (Å²) in [6, 6.07) is 9.11. The fraction of sp³-hybridized carbons (Fsp3) is 0.588. The quantitative estimate of drug-likeness (QED) is 0.570. The molecule has 1 heterocycles. The third kappa shape index (κ3) is 4.91. The number of hydrogen-bond donors (Lipinski definition) is 3. The molecule has 0 bridgehead atoms. The predicted octanol–water partition coefficient (Wildman–Crippen LogP) is 1.51. The van der Waals surface area contributed by atoms with Gasteiger partial charge in [-0.2, -0.15) is 0 Å². The van der Waals surface area contributed by atoms with Crippen molar-refractivity contribution in [2.45, 2.75) is 32.7 Å². The molecule has 2 rings (SSSR count). The molecule has 22 heavy (non-hydrogen) atoms. The molecule has 1 atom stereocenters. The Bertz CT molecular complexity index is 472. The highest BCUT2D eigenvalue weighted by Gasteiger charge is 2.20. The highest BCUT2D eigenvalue weighted by atomic mass is 16.3. The molecule has 0 aromatic heterocycles. The van der Waals surface area contributed by atoms with Gasteiger partial charge in [0.1, 0.15) is 0 Å². The molecular formula is C17H28N4O. The summed E-state index contributed by atoms with van der Waals surface area (Å²) in [5.74, 6) is 0.798. The summed E-state index contributed by atoms with van der Waals surface area (Å²) >= 11 is 0. The van der Waals surface area contributed by atoms with Gasteiger partial charge >= 0.3 is 0 Å². The van der Waals surface area contributed by atoms with Crippen LogP contribution in [-0.4, -0.2) is 49.9 Å². The van der Waals surface area contributed by atoms with Crippen LogP contribution in [0, 0.1) is 6.92 Å². The third-order valence-corrected chi connectivity index (χ3v) is 3.88. The topological polar surface area (TPSA) is 59.9 Å². The van der Waals surface area contributed by atoms with Crippen LogP contribution in [0.1, 0.15) is 25.3 Å². The normalized spacial score (nSPS) is 19.1. The summed E-state index contributed by atoms with van der Waals surface area (Å²) in [5, 5.41) is 15.7. The Morgan fingerprint density at radius 1 is 1.36 bits per heavy atom. The molecule has 5 heteroatoms. The van der Waals surface area contributed by atoms with Crippen molar-refractivity contribution in [3.8, 4) is 0 Å². The van der Waals surface area contributed by atoms with Crippen LogP contribution in [-0.2, 0) is 0 Å². The number of aliphatic imine (C=N–C) groups is 1. The van der Waals surface area contributed by atoms with E-state index in [1.807, 2.05) is 0 Å². The van der Waals surface area contributed by atoms with E-state index < -0.39 is 0 Å². The first-order chi connectivity index (χ1) is 10.7. The maximum Gasteiger partial charge on any atom is 0.191 e. The lowest BCUT2D eigenvalue weighted by atomic mass is 10.0. The number of anilines is 1. The summed E-state index contributed by atoms with van der Waals surface area (Å²) in [4.78, 5) is 6.79. The zero-order chi connectivity index (χ0) is 15.8. The Morgan fingerprint density at radius 2 is 2.14 bits per heavy atom. The van der Waals surface area contributed by atoms with Crippen LogP contribution >= 0.6 is 0 Å². The van der Waals surface area contributed by atoms with Gasteiger partial charge in [0, 0.05) is 31.4 Å². The van der Waals surface area contributed by atoms with E-state index in [0.29, 0.717) is 12.6 Å². The molecule has 0 saturated carbocycles. The molecule has 3 N–H and O–H groups in total. The first-order valence-electron chi connectivity index (χ1n) is 8.20. The van der Waals surface area contributed by atoms with E-state index in [1.165, 1.54) is 17.7 Å². The molecule has 122 valence electrons. The summed E-state index contributed by atoms with van der Waals surface area (Å²) in [6.45, 7) is 7.59. The van der Waals surface area contributed by atoms with Crippen LogP contribution in [0.5, 0.6) is 0 Å². The molecule has 0 radical (unpaired) electrons. The SMILES string of the molecule is CCNC(=NCCO)NC1CCCN(c2ccc(C)cc2)C1. The van der Waals surface area contributed by atoms with E-state index in [4.69, 9.17) is 5.11 Å². The first kappa shape index (κ1) is 16.6. The predicted molar refractivity (Wildman–Crippen MR) is 92.6 cm³/mol. The Labute approximate surface area is 133 Å². The number of hydrogen-bond acceptors (Lipinski definition) is 3. The number of benzene rings is 1. The van der Waals surface area contributed by atoms with Gasteiger partial charge in [0.15, 0.2) is 5.96 Å². The van der Waals surface area contributed by atoms with E-state index in [9.17, 15) is 0 Å². The summed E-state index contributed by atoms with van der Waals surface area (Å²) in [6.07, 6.45) is 2.32. The maximum atomic E-state index is 8.93. The smallest absolute Gasteiger partial charge is 0.191 e. The number of guanidine groups is 1. The van der Waals surface area contributed by atoms with Crippen molar-refractivity contribution in [3.05, 3.63) is 29.8 Å². The van der Waals surface area contributed by atoms with E-state index in [-0.39, 0.29) is 6.61 Å².